The summed E-state index contributed by atoms with van der Waals surface area (Å²) in [5.41, 5.74) is 1.15. The van der Waals surface area contributed by atoms with Crippen molar-refractivity contribution in [3.05, 3.63) is 16.0 Å². The van der Waals surface area contributed by atoms with Gasteiger partial charge in [-0.05, 0) is 29.1 Å². The summed E-state index contributed by atoms with van der Waals surface area (Å²) in [6.07, 6.45) is 3.46. The maximum atomic E-state index is 11.2. The lowest BCUT2D eigenvalue weighted by atomic mass is 9.85. The second kappa shape index (κ2) is 6.42. The lowest BCUT2D eigenvalue weighted by molar-refractivity contribution is 0.0698. The van der Waals surface area contributed by atoms with Gasteiger partial charge in [-0.15, -0.1) is 0 Å². The Kier molecular flexibility index (Phi) is 5.45. The molecule has 0 amide bonds. The zero-order valence-corrected chi connectivity index (χ0v) is 12.4. The summed E-state index contributed by atoms with van der Waals surface area (Å²) in [5, 5.41) is 9.17. The molecule has 2 atom stereocenters. The average molecular weight is 264 g/mol. The Morgan fingerprint density at radius 3 is 2.44 bits per heavy atom. The Hall–Kier alpha value is -0.765. The van der Waals surface area contributed by atoms with Gasteiger partial charge in [0.2, 0.25) is 0 Å². The van der Waals surface area contributed by atoms with E-state index in [1.165, 1.54) is 17.8 Å². The van der Waals surface area contributed by atoms with Crippen LogP contribution in [0, 0.1) is 12.8 Å². The van der Waals surface area contributed by atoms with Crippen LogP contribution in [0.2, 0.25) is 0 Å². The van der Waals surface area contributed by atoms with E-state index in [0.29, 0.717) is 22.2 Å². The molecule has 1 aromatic heterocycles. The van der Waals surface area contributed by atoms with Gasteiger partial charge in [0, 0.05) is 4.88 Å². The minimum Gasteiger partial charge on any atom is -0.478 e. The molecule has 1 rings (SSSR count). The van der Waals surface area contributed by atoms with Crippen molar-refractivity contribution in [3.63, 3.8) is 0 Å². The van der Waals surface area contributed by atoms with E-state index in [2.05, 4.69) is 20.8 Å². The molecule has 1 heterocycles. The molecule has 2 radical (unpaired) electrons. The lowest BCUT2D eigenvalue weighted by Crippen LogP contribution is -2.11. The number of thiophene rings is 1. The van der Waals surface area contributed by atoms with Gasteiger partial charge in [0.25, 0.3) is 0 Å². The van der Waals surface area contributed by atoms with Gasteiger partial charge in [-0.2, -0.15) is 11.3 Å². The van der Waals surface area contributed by atoms with Gasteiger partial charge in [-0.25, -0.2) is 4.79 Å². The van der Waals surface area contributed by atoms with Crippen molar-refractivity contribution in [3.8, 4) is 0 Å². The van der Waals surface area contributed by atoms with E-state index >= 15 is 0 Å². The van der Waals surface area contributed by atoms with E-state index in [0.717, 1.165) is 23.3 Å². The van der Waals surface area contributed by atoms with Crippen molar-refractivity contribution < 1.29 is 9.90 Å². The largest absolute Gasteiger partial charge is 0.478 e. The highest BCUT2D eigenvalue weighted by Crippen LogP contribution is 2.35. The van der Waals surface area contributed by atoms with Crippen LogP contribution in [0.4, 0.5) is 0 Å². The van der Waals surface area contributed by atoms with Crippen molar-refractivity contribution in [1.82, 2.24) is 0 Å². The predicted octanol–water partition coefficient (Wildman–Crippen LogP) is 3.48. The van der Waals surface area contributed by atoms with E-state index in [-0.39, 0.29) is 0 Å². The summed E-state index contributed by atoms with van der Waals surface area (Å²) < 4.78 is 0.438. The fourth-order valence-electron chi connectivity index (χ4n) is 2.65. The molecule has 4 heteroatoms. The van der Waals surface area contributed by atoms with Crippen LogP contribution in [-0.4, -0.2) is 18.9 Å². The second-order valence-corrected chi connectivity index (χ2v) is 5.97. The molecular formula is C14H21BO2S. The first kappa shape index (κ1) is 15.3. The second-order valence-electron chi connectivity index (χ2n) is 4.88. The van der Waals surface area contributed by atoms with E-state index in [1.54, 1.807) is 0 Å². The predicted molar refractivity (Wildman–Crippen MR) is 78.5 cm³/mol. The summed E-state index contributed by atoms with van der Waals surface area (Å²) in [7, 11) is 5.83. The van der Waals surface area contributed by atoms with Gasteiger partial charge in [0.05, 0.1) is 5.56 Å². The third-order valence-electron chi connectivity index (χ3n) is 3.73. The number of aromatic carboxylic acids is 1. The topological polar surface area (TPSA) is 37.3 Å². The first-order chi connectivity index (χ1) is 8.43. The molecule has 0 aromatic carbocycles. The first-order valence-electron chi connectivity index (χ1n) is 6.55. The van der Waals surface area contributed by atoms with Crippen LogP contribution < -0.4 is 4.78 Å². The fraction of sp³-hybridized carbons (Fsp3) is 0.643. The first-order valence-corrected chi connectivity index (χ1v) is 7.37. The van der Waals surface area contributed by atoms with Crippen LogP contribution in [-0.2, 0) is 0 Å². The highest BCUT2D eigenvalue weighted by molar-refractivity contribution is 7.20. The number of carboxylic acids is 1. The number of rotatable bonds is 6. The van der Waals surface area contributed by atoms with Crippen LogP contribution in [0.1, 0.15) is 66.8 Å². The van der Waals surface area contributed by atoms with Crippen molar-refractivity contribution in [2.45, 2.75) is 52.9 Å². The Morgan fingerprint density at radius 2 is 2.06 bits per heavy atom. The third kappa shape index (κ3) is 2.97. The lowest BCUT2D eigenvalue weighted by Gasteiger charge is -2.22. The Bertz CT molecular complexity index is 426. The van der Waals surface area contributed by atoms with Crippen LogP contribution in [0.25, 0.3) is 0 Å². The molecule has 0 fully saturated rings. The molecule has 2 nitrogen and oxygen atoms in total. The fourth-order valence-corrected chi connectivity index (χ4v) is 3.86. The SMILES string of the molecule is [B]c1sc(C(C)C(CC)CCC)c(C)c1C(=O)O. The Morgan fingerprint density at radius 1 is 1.44 bits per heavy atom. The van der Waals surface area contributed by atoms with Gasteiger partial charge in [-0.1, -0.05) is 40.0 Å². The molecule has 0 spiro atoms. The quantitative estimate of drug-likeness (QED) is 0.799. The minimum absolute atomic E-state index is 0.299. The maximum Gasteiger partial charge on any atom is 0.336 e. The maximum absolute atomic E-state index is 11.2. The third-order valence-corrected chi connectivity index (χ3v) is 5.05. The molecule has 0 aliphatic heterocycles. The molecule has 0 aliphatic carbocycles. The van der Waals surface area contributed by atoms with Gasteiger partial charge in [-0.3, -0.25) is 0 Å². The zero-order valence-electron chi connectivity index (χ0n) is 11.6. The summed E-state index contributed by atoms with van der Waals surface area (Å²) in [6, 6.07) is 0. The molecular weight excluding hydrogens is 243 g/mol. The molecule has 2 unspecified atom stereocenters. The smallest absolute Gasteiger partial charge is 0.336 e. The number of hydrogen-bond acceptors (Lipinski definition) is 2. The molecule has 98 valence electrons. The van der Waals surface area contributed by atoms with Crippen LogP contribution in [0.15, 0.2) is 0 Å². The summed E-state index contributed by atoms with van der Waals surface area (Å²) in [6.45, 7) is 8.45. The molecule has 0 saturated carbocycles. The van der Waals surface area contributed by atoms with Gasteiger partial charge >= 0.3 is 5.97 Å². The normalized spacial score (nSPS) is 14.4. The van der Waals surface area contributed by atoms with Crippen molar-refractivity contribution in [1.29, 1.82) is 0 Å². The molecule has 0 bridgehead atoms. The Balaban J connectivity index is 3.10. The molecule has 0 saturated heterocycles. The highest BCUT2D eigenvalue weighted by atomic mass is 32.1. The van der Waals surface area contributed by atoms with E-state index < -0.39 is 5.97 Å². The van der Waals surface area contributed by atoms with E-state index in [9.17, 15) is 4.79 Å². The van der Waals surface area contributed by atoms with Gasteiger partial charge in [0.15, 0.2) is 0 Å². The molecule has 1 aromatic rings. The van der Waals surface area contributed by atoms with Crippen molar-refractivity contribution >= 4 is 29.9 Å². The summed E-state index contributed by atoms with van der Waals surface area (Å²) in [5.74, 6) is 0.0759. The summed E-state index contributed by atoms with van der Waals surface area (Å²) in [4.78, 5) is 12.3. The number of hydrogen-bond donors (Lipinski definition) is 1. The van der Waals surface area contributed by atoms with Crippen LogP contribution in [0.5, 0.6) is 0 Å². The minimum atomic E-state index is -0.914. The van der Waals surface area contributed by atoms with Crippen molar-refractivity contribution in [2.75, 3.05) is 0 Å². The molecule has 0 aliphatic rings. The Labute approximate surface area is 115 Å². The highest BCUT2D eigenvalue weighted by Gasteiger charge is 2.24. The molecule has 18 heavy (non-hydrogen) atoms. The summed E-state index contributed by atoms with van der Waals surface area (Å²) >= 11 is 1.44. The average Bonchev–Trinajstić information content (AvgIpc) is 2.60. The number of carboxylic acid groups (broad SMARTS) is 1. The van der Waals surface area contributed by atoms with Crippen molar-refractivity contribution in [2.24, 2.45) is 5.92 Å². The monoisotopic (exact) mass is 264 g/mol. The number of carbonyl (C=O) groups is 1. The van der Waals surface area contributed by atoms with Crippen LogP contribution >= 0.6 is 11.3 Å². The molecule has 1 N–H and O–H groups in total. The standard InChI is InChI=1S/C14H21BO2S/c1-5-7-10(6-2)8(3)12-9(4)11(14(16)17)13(15)18-12/h8,10H,5-7H2,1-4H3,(H,16,17). The van der Waals surface area contributed by atoms with Gasteiger partial charge in [0.1, 0.15) is 7.85 Å². The van der Waals surface area contributed by atoms with Gasteiger partial charge < -0.3 is 5.11 Å². The van der Waals surface area contributed by atoms with E-state index in [4.69, 9.17) is 13.0 Å². The zero-order chi connectivity index (χ0) is 13.9. The van der Waals surface area contributed by atoms with E-state index in [1.807, 2.05) is 6.92 Å². The van der Waals surface area contributed by atoms with Crippen LogP contribution in [0.3, 0.4) is 0 Å².